The van der Waals surface area contributed by atoms with Crippen molar-refractivity contribution in [3.05, 3.63) is 59.6 Å². The van der Waals surface area contributed by atoms with E-state index in [4.69, 9.17) is 4.74 Å². The summed E-state index contributed by atoms with van der Waals surface area (Å²) >= 11 is 0. The van der Waals surface area contributed by atoms with Crippen LogP contribution in [0.3, 0.4) is 0 Å². The Morgan fingerprint density at radius 1 is 1.32 bits per heavy atom. The zero-order valence-corrected chi connectivity index (χ0v) is 19.5. The number of carbonyl (C=O) groups excluding carboxylic acids is 2. The molecule has 1 aliphatic carbocycles. The number of rotatable bonds is 12. The minimum absolute atomic E-state index is 0.0202. The largest absolute Gasteiger partial charge is 0.493 e. The number of allylic oxidation sites excluding steroid dienone is 3. The summed E-state index contributed by atoms with van der Waals surface area (Å²) in [5.74, 6) is -2.66. The molecule has 3 N–H and O–H groups in total. The molecule has 0 radical (unpaired) electrons. The van der Waals surface area contributed by atoms with Crippen LogP contribution in [0.25, 0.3) is 0 Å². The predicted molar refractivity (Wildman–Crippen MR) is 125 cm³/mol. The lowest BCUT2D eigenvalue weighted by molar-refractivity contribution is -0.131. The van der Waals surface area contributed by atoms with Gasteiger partial charge in [0.15, 0.2) is 0 Å². The minimum Gasteiger partial charge on any atom is -0.493 e. The van der Waals surface area contributed by atoms with Crippen molar-refractivity contribution in [2.45, 2.75) is 38.0 Å². The normalized spacial score (nSPS) is 16.9. The highest BCUT2D eigenvalue weighted by Gasteiger charge is 2.26. The molecule has 0 bridgehead atoms. The smallest absolute Gasteiger partial charge is 0.475 e. The maximum absolute atomic E-state index is 14.1. The van der Waals surface area contributed by atoms with Crippen LogP contribution < -0.4 is 5.32 Å². The molecule has 3 unspecified atom stereocenters. The molecule has 0 spiro atoms. The van der Waals surface area contributed by atoms with Crippen LogP contribution in [0.4, 0.5) is 4.39 Å². The van der Waals surface area contributed by atoms with E-state index in [0.717, 1.165) is 5.56 Å². The van der Waals surface area contributed by atoms with E-state index in [0.29, 0.717) is 12.8 Å². The van der Waals surface area contributed by atoms with Gasteiger partial charge in [0, 0.05) is 26.6 Å². The summed E-state index contributed by atoms with van der Waals surface area (Å²) in [4.78, 5) is 25.6. The zero-order valence-electron chi connectivity index (χ0n) is 19.5. The first-order valence-electron chi connectivity index (χ1n) is 11.2. The number of nitrogens with zero attached hydrogens (tertiary/aromatic N) is 2. The number of nitrogens with one attached hydrogen (secondary N) is 1. The molecule has 182 valence electrons. The van der Waals surface area contributed by atoms with E-state index in [9.17, 15) is 29.3 Å². The lowest BCUT2D eigenvalue weighted by Gasteiger charge is -2.21. The first-order valence-corrected chi connectivity index (χ1v) is 11.2. The number of benzene rings is 1. The van der Waals surface area contributed by atoms with Crippen molar-refractivity contribution < 1.29 is 28.8 Å². The molecular weight excluding hydrogens is 440 g/mol. The van der Waals surface area contributed by atoms with E-state index in [1.807, 2.05) is 36.4 Å². The number of ether oxygens (including phenoxy) is 1. The van der Waals surface area contributed by atoms with Crippen LogP contribution in [0.5, 0.6) is 0 Å². The third-order valence-electron chi connectivity index (χ3n) is 5.48. The van der Waals surface area contributed by atoms with Crippen molar-refractivity contribution in [2.75, 3.05) is 20.7 Å². The molecule has 2 rings (SSSR count). The number of hydrogen-bond acceptors (Lipinski definition) is 6. The lowest BCUT2D eigenvalue weighted by Crippen LogP contribution is -2.48. The number of carbonyl (C=O) groups is 2. The highest BCUT2D eigenvalue weighted by Crippen LogP contribution is 2.29. The lowest BCUT2D eigenvalue weighted by atomic mass is 9.76. The number of halogens is 1. The fourth-order valence-corrected chi connectivity index (χ4v) is 3.65. The Morgan fingerprint density at radius 3 is 2.65 bits per heavy atom. The maximum atomic E-state index is 14.1. The number of amides is 2. The molecule has 0 saturated heterocycles. The second-order valence-electron chi connectivity index (χ2n) is 8.49. The third kappa shape index (κ3) is 9.00. The average Bonchev–Trinajstić information content (AvgIpc) is 2.79. The Kier molecular flexibility index (Phi) is 10.8. The van der Waals surface area contributed by atoms with Crippen LogP contribution >= 0.6 is 0 Å². The van der Waals surface area contributed by atoms with Crippen LogP contribution in [0.2, 0.25) is 0 Å². The first kappa shape index (κ1) is 27.1. The number of nitriles is 1. The van der Waals surface area contributed by atoms with Gasteiger partial charge < -0.3 is 25.0 Å². The molecule has 2 amide bonds. The second-order valence-corrected chi connectivity index (χ2v) is 8.49. The van der Waals surface area contributed by atoms with Crippen molar-refractivity contribution in [1.29, 1.82) is 5.26 Å². The van der Waals surface area contributed by atoms with Crippen LogP contribution in [0, 0.1) is 23.2 Å². The van der Waals surface area contributed by atoms with Gasteiger partial charge in [-0.2, -0.15) is 5.26 Å². The summed E-state index contributed by atoms with van der Waals surface area (Å²) < 4.78 is 19.6. The molecule has 10 heteroatoms. The molecule has 1 aromatic carbocycles. The van der Waals surface area contributed by atoms with Gasteiger partial charge in [0.2, 0.25) is 11.8 Å². The highest BCUT2D eigenvalue weighted by molar-refractivity contribution is 6.43. The quantitative estimate of drug-likeness (QED) is 0.400. The van der Waals surface area contributed by atoms with Crippen molar-refractivity contribution >= 4 is 18.9 Å². The molecule has 0 aliphatic heterocycles. The fraction of sp³-hybridized carbons (Fsp3) is 0.458. The van der Waals surface area contributed by atoms with Gasteiger partial charge in [-0.25, -0.2) is 4.39 Å². The Morgan fingerprint density at radius 2 is 2.03 bits per heavy atom. The van der Waals surface area contributed by atoms with Crippen molar-refractivity contribution in [3.8, 4) is 6.07 Å². The van der Waals surface area contributed by atoms with Crippen LogP contribution in [-0.2, 0) is 20.7 Å². The predicted octanol–water partition coefficient (Wildman–Crippen LogP) is 1.90. The van der Waals surface area contributed by atoms with E-state index in [-0.39, 0.29) is 49.3 Å². The van der Waals surface area contributed by atoms with Gasteiger partial charge in [-0.1, -0.05) is 30.3 Å². The molecule has 34 heavy (non-hydrogen) atoms. The molecule has 0 saturated carbocycles. The van der Waals surface area contributed by atoms with E-state index in [2.05, 4.69) is 5.32 Å². The van der Waals surface area contributed by atoms with Gasteiger partial charge in [-0.3, -0.25) is 9.59 Å². The number of hydrogen-bond donors (Lipinski definition) is 3. The minimum atomic E-state index is -1.72. The second kappa shape index (κ2) is 13.5. The maximum Gasteiger partial charge on any atom is 0.475 e. The Labute approximate surface area is 199 Å². The SMILES string of the molecule is CN(C)C(=O)C(C#N)CCC1C=C(OCCC(=O)NC(Cc2ccccc2)B(O)O)C=C(F)C1. The molecule has 0 heterocycles. The Hall–Kier alpha value is -3.16. The van der Waals surface area contributed by atoms with E-state index in [1.165, 1.54) is 11.0 Å². The zero-order chi connectivity index (χ0) is 25.1. The van der Waals surface area contributed by atoms with Gasteiger partial charge in [-0.15, -0.1) is 0 Å². The summed E-state index contributed by atoms with van der Waals surface area (Å²) in [5.41, 5.74) is 0.849. The molecule has 3 atom stereocenters. The van der Waals surface area contributed by atoms with E-state index < -0.39 is 24.9 Å². The van der Waals surface area contributed by atoms with Gasteiger partial charge in [-0.05, 0) is 36.8 Å². The van der Waals surface area contributed by atoms with Crippen molar-refractivity contribution in [2.24, 2.45) is 11.8 Å². The standard InChI is InChI=1S/C24H31BFN3O5/c1-29(2)24(31)19(16-27)9-8-18-12-20(26)15-21(13-18)34-11-10-23(30)28-22(25(32)33)14-17-6-4-3-5-7-17/h3-7,13,15,18-19,22,32-33H,8-12,14H2,1-2H3,(H,28,30). The molecule has 0 fully saturated rings. The first-order chi connectivity index (χ1) is 16.2. The summed E-state index contributed by atoms with van der Waals surface area (Å²) in [6.45, 7) is -0.0202. The summed E-state index contributed by atoms with van der Waals surface area (Å²) in [7, 11) is 1.45. The fourth-order valence-electron chi connectivity index (χ4n) is 3.65. The van der Waals surface area contributed by atoms with Crippen molar-refractivity contribution in [1.82, 2.24) is 10.2 Å². The van der Waals surface area contributed by atoms with Crippen LogP contribution in [0.15, 0.2) is 54.1 Å². The monoisotopic (exact) mass is 471 g/mol. The van der Waals surface area contributed by atoms with Gasteiger partial charge in [0.1, 0.15) is 17.5 Å². The van der Waals surface area contributed by atoms with E-state index in [1.54, 1.807) is 20.2 Å². The summed E-state index contributed by atoms with van der Waals surface area (Å²) in [6.07, 6.45) is 4.13. The van der Waals surface area contributed by atoms with Crippen LogP contribution in [-0.4, -0.2) is 60.5 Å². The van der Waals surface area contributed by atoms with Gasteiger partial charge in [0.05, 0.1) is 25.0 Å². The van der Waals surface area contributed by atoms with Crippen molar-refractivity contribution in [3.63, 3.8) is 0 Å². The molecule has 1 aromatic rings. The third-order valence-corrected chi connectivity index (χ3v) is 5.48. The van der Waals surface area contributed by atoms with E-state index >= 15 is 0 Å². The molecule has 0 aromatic heterocycles. The Bertz CT molecular complexity index is 930. The van der Waals surface area contributed by atoms with Gasteiger partial charge >= 0.3 is 7.12 Å². The Balaban J connectivity index is 1.83. The van der Waals surface area contributed by atoms with Gasteiger partial charge in [0.25, 0.3) is 0 Å². The highest BCUT2D eigenvalue weighted by atomic mass is 19.1. The molecule has 8 nitrogen and oxygen atoms in total. The van der Waals surface area contributed by atoms with Crippen LogP contribution in [0.1, 0.15) is 31.2 Å². The summed E-state index contributed by atoms with van der Waals surface area (Å²) in [5, 5.41) is 31.0. The average molecular weight is 471 g/mol. The molecular formula is C24H31BFN3O5. The summed E-state index contributed by atoms with van der Waals surface area (Å²) in [6, 6.07) is 11.1. The molecule has 1 aliphatic rings. The topological polar surface area (TPSA) is 123 Å².